The maximum atomic E-state index is 14.4. The SMILES string of the molecule is CN(C)C(=O)[C@@H](NC(=O)CNC(=O)C(=O)C(CC1CC1)NC(=O)[C@@H]1[C@@H]2[C@H](CN1C(=O)[C@@H](NC(=O)OC(C)(C)C)C1CCC(F)(F)CC1)C2(C)C)c1ccccc1. The molecule has 4 N–H and O–H groups in total. The zero-order valence-corrected chi connectivity index (χ0v) is 33.3. The zero-order chi connectivity index (χ0) is 41.3. The van der Waals surface area contributed by atoms with Gasteiger partial charge in [0.15, 0.2) is 0 Å². The molecule has 308 valence electrons. The molecule has 6 atom stereocenters. The molecule has 1 aromatic rings. The van der Waals surface area contributed by atoms with E-state index < -0.39 is 102 Å². The number of benzene rings is 1. The number of piperidine rings is 1. The maximum absolute atomic E-state index is 14.4. The number of rotatable bonds is 14. The summed E-state index contributed by atoms with van der Waals surface area (Å²) in [6, 6.07) is 4.00. The number of hydrogen-bond acceptors (Lipinski definition) is 8. The van der Waals surface area contributed by atoms with E-state index in [0.29, 0.717) is 5.56 Å². The smallest absolute Gasteiger partial charge is 0.408 e. The third-order valence-electron chi connectivity index (χ3n) is 11.6. The summed E-state index contributed by atoms with van der Waals surface area (Å²) in [7, 11) is 3.09. The molecular formula is C40H56F2N6O8. The van der Waals surface area contributed by atoms with E-state index in [1.165, 1.54) is 9.80 Å². The minimum Gasteiger partial charge on any atom is -0.444 e. The Bertz CT molecular complexity index is 1680. The highest BCUT2D eigenvalue weighted by Gasteiger charge is 2.70. The number of ketones is 1. The molecule has 4 aliphatic rings. The zero-order valence-electron chi connectivity index (χ0n) is 33.3. The van der Waals surface area contributed by atoms with E-state index in [0.717, 1.165) is 12.8 Å². The summed E-state index contributed by atoms with van der Waals surface area (Å²) < 4.78 is 33.8. The van der Waals surface area contributed by atoms with Crippen LogP contribution in [0.2, 0.25) is 0 Å². The standard InChI is InChI=1S/C40H56F2N6O8/c1-38(2,3)56-37(55)46-30(24-15-17-40(41,42)18-16-24)36(54)48-21-25-28(39(25,4)5)31(48)33(51)44-26(19-22-13-14-22)32(50)34(52)43-20-27(49)45-29(35(53)47(6)7)23-11-9-8-10-12-23/h8-12,22,24-26,28-31H,13-21H2,1-7H3,(H,43,52)(H,44,51)(H,45,49)(H,46,55)/t25-,26?,28-,29-,30-,31-/m0/s1. The number of nitrogens with one attached hydrogen (secondary N) is 4. The number of nitrogens with zero attached hydrogens (tertiary/aromatic N) is 2. The Morgan fingerprint density at radius 1 is 0.929 bits per heavy atom. The van der Waals surface area contributed by atoms with Crippen molar-refractivity contribution in [3.8, 4) is 0 Å². The Labute approximate surface area is 326 Å². The van der Waals surface area contributed by atoms with Gasteiger partial charge in [0.1, 0.15) is 23.7 Å². The summed E-state index contributed by atoms with van der Waals surface area (Å²) >= 11 is 0. The second-order valence-corrected chi connectivity index (χ2v) is 17.6. The summed E-state index contributed by atoms with van der Waals surface area (Å²) in [5.41, 5.74) is -0.693. The van der Waals surface area contributed by atoms with E-state index in [4.69, 9.17) is 4.74 Å². The van der Waals surface area contributed by atoms with Crippen molar-refractivity contribution in [2.24, 2.45) is 29.1 Å². The molecule has 16 heteroatoms. The molecule has 0 bridgehead atoms. The molecule has 1 heterocycles. The van der Waals surface area contributed by atoms with Gasteiger partial charge in [0, 0.05) is 33.5 Å². The molecule has 56 heavy (non-hydrogen) atoms. The second-order valence-electron chi connectivity index (χ2n) is 17.6. The van der Waals surface area contributed by atoms with Crippen LogP contribution in [0.4, 0.5) is 13.6 Å². The van der Waals surface area contributed by atoms with Gasteiger partial charge in [-0.15, -0.1) is 0 Å². The number of alkyl halides is 2. The van der Waals surface area contributed by atoms with E-state index in [9.17, 15) is 42.3 Å². The Balaban J connectivity index is 1.29. The number of Topliss-reactive ketones (excluding diaryl/α,β-unsaturated/α-hetero) is 1. The molecule has 3 saturated carbocycles. The maximum Gasteiger partial charge on any atom is 0.408 e. The van der Waals surface area contributed by atoms with Crippen LogP contribution in [0, 0.1) is 29.1 Å². The fourth-order valence-corrected chi connectivity index (χ4v) is 8.19. The van der Waals surface area contributed by atoms with Gasteiger partial charge >= 0.3 is 6.09 Å². The van der Waals surface area contributed by atoms with Crippen LogP contribution < -0.4 is 21.3 Å². The van der Waals surface area contributed by atoms with Crippen molar-refractivity contribution in [2.75, 3.05) is 27.2 Å². The fraction of sp³-hybridized carbons (Fsp3) is 0.675. The third-order valence-corrected chi connectivity index (χ3v) is 11.6. The molecule has 0 spiro atoms. The van der Waals surface area contributed by atoms with Crippen LogP contribution in [0.5, 0.6) is 0 Å². The Kier molecular flexibility index (Phi) is 12.5. The first kappa shape index (κ1) is 42.5. The molecule has 1 saturated heterocycles. The number of likely N-dealkylation sites (N-methyl/N-ethyl adjacent to an activating group) is 1. The van der Waals surface area contributed by atoms with Crippen LogP contribution in [0.3, 0.4) is 0 Å². The van der Waals surface area contributed by atoms with E-state index in [-0.39, 0.29) is 49.0 Å². The van der Waals surface area contributed by atoms with Crippen LogP contribution in [-0.2, 0) is 33.5 Å². The number of carbonyl (C=O) groups is 7. The highest BCUT2D eigenvalue weighted by atomic mass is 19.3. The lowest BCUT2D eigenvalue weighted by atomic mass is 9.81. The van der Waals surface area contributed by atoms with Crippen molar-refractivity contribution in [2.45, 2.75) is 115 Å². The average molecular weight is 787 g/mol. The predicted octanol–water partition coefficient (Wildman–Crippen LogP) is 3.10. The van der Waals surface area contributed by atoms with Crippen molar-refractivity contribution in [3.05, 3.63) is 35.9 Å². The van der Waals surface area contributed by atoms with Gasteiger partial charge in [-0.1, -0.05) is 57.0 Å². The van der Waals surface area contributed by atoms with Gasteiger partial charge < -0.3 is 35.8 Å². The highest BCUT2D eigenvalue weighted by Crippen LogP contribution is 2.65. The normalized spacial score (nSPS) is 24.0. The summed E-state index contributed by atoms with van der Waals surface area (Å²) in [4.78, 5) is 97.0. The van der Waals surface area contributed by atoms with Crippen molar-refractivity contribution < 1.29 is 47.1 Å². The van der Waals surface area contributed by atoms with Gasteiger partial charge in [-0.25, -0.2) is 13.6 Å². The first-order valence-electron chi connectivity index (χ1n) is 19.5. The molecule has 1 aromatic carbocycles. The lowest BCUT2D eigenvalue weighted by Crippen LogP contribution is -2.60. The van der Waals surface area contributed by atoms with Crippen LogP contribution in [0.1, 0.15) is 91.2 Å². The average Bonchev–Trinajstić information content (AvgIpc) is 3.98. The molecule has 1 unspecified atom stereocenters. The van der Waals surface area contributed by atoms with Gasteiger partial charge in [-0.3, -0.25) is 28.8 Å². The molecule has 4 fully saturated rings. The lowest BCUT2D eigenvalue weighted by Gasteiger charge is -2.38. The molecule has 3 aliphatic carbocycles. The molecule has 6 amide bonds. The Hall–Kier alpha value is -4.63. The van der Waals surface area contributed by atoms with Gasteiger partial charge in [0.05, 0.1) is 12.6 Å². The first-order valence-corrected chi connectivity index (χ1v) is 19.5. The summed E-state index contributed by atoms with van der Waals surface area (Å²) in [5, 5.41) is 10.3. The summed E-state index contributed by atoms with van der Waals surface area (Å²) in [6.45, 7) is 8.50. The van der Waals surface area contributed by atoms with Crippen molar-refractivity contribution >= 4 is 41.4 Å². The Morgan fingerprint density at radius 3 is 2.12 bits per heavy atom. The van der Waals surface area contributed by atoms with Gasteiger partial charge in [0.2, 0.25) is 35.3 Å². The number of hydrogen-bond donors (Lipinski definition) is 4. The molecule has 0 aromatic heterocycles. The van der Waals surface area contributed by atoms with E-state index in [1.54, 1.807) is 65.2 Å². The minimum absolute atomic E-state index is 0.0216. The minimum atomic E-state index is -2.88. The summed E-state index contributed by atoms with van der Waals surface area (Å²) in [5.74, 6) is -8.18. The molecule has 14 nitrogen and oxygen atoms in total. The van der Waals surface area contributed by atoms with E-state index >= 15 is 0 Å². The van der Waals surface area contributed by atoms with Crippen LogP contribution in [-0.4, -0.2) is 108 Å². The van der Waals surface area contributed by atoms with Gasteiger partial charge in [0.25, 0.3) is 5.91 Å². The molecule has 1 aliphatic heterocycles. The third kappa shape index (κ3) is 10.2. The fourth-order valence-electron chi connectivity index (χ4n) is 8.19. The topological polar surface area (TPSA) is 183 Å². The number of ether oxygens (including phenoxy) is 1. The van der Waals surface area contributed by atoms with E-state index in [1.807, 2.05) is 13.8 Å². The number of amides is 6. The highest BCUT2D eigenvalue weighted by molar-refractivity contribution is 6.38. The van der Waals surface area contributed by atoms with Crippen LogP contribution in [0.25, 0.3) is 0 Å². The number of fused-ring (bicyclic) bond motifs is 1. The van der Waals surface area contributed by atoms with Crippen molar-refractivity contribution in [3.63, 3.8) is 0 Å². The lowest BCUT2D eigenvalue weighted by molar-refractivity contribution is -0.145. The van der Waals surface area contributed by atoms with Crippen LogP contribution in [0.15, 0.2) is 30.3 Å². The number of halogens is 2. The number of alkyl carbamates (subject to hydrolysis) is 1. The van der Waals surface area contributed by atoms with Gasteiger partial charge in [-0.05, 0) is 74.7 Å². The molecular weight excluding hydrogens is 730 g/mol. The first-order chi connectivity index (χ1) is 26.1. The predicted molar refractivity (Wildman–Crippen MR) is 200 cm³/mol. The van der Waals surface area contributed by atoms with Crippen LogP contribution >= 0.6 is 0 Å². The number of carbonyl (C=O) groups excluding carboxylic acids is 7. The monoisotopic (exact) mass is 786 g/mol. The van der Waals surface area contributed by atoms with Crippen molar-refractivity contribution in [1.29, 1.82) is 0 Å². The number of likely N-dealkylation sites (tertiary alicyclic amines) is 1. The molecule has 0 radical (unpaired) electrons. The quantitative estimate of drug-likeness (QED) is 0.208. The van der Waals surface area contributed by atoms with Gasteiger partial charge in [-0.2, -0.15) is 0 Å². The Morgan fingerprint density at radius 2 is 1.55 bits per heavy atom. The molecule has 5 rings (SSSR count). The largest absolute Gasteiger partial charge is 0.444 e. The second kappa shape index (κ2) is 16.5. The van der Waals surface area contributed by atoms with E-state index in [2.05, 4.69) is 21.3 Å². The van der Waals surface area contributed by atoms with Crippen molar-refractivity contribution in [1.82, 2.24) is 31.1 Å². The summed E-state index contributed by atoms with van der Waals surface area (Å²) in [6.07, 6.45) is -0.0447.